The summed E-state index contributed by atoms with van der Waals surface area (Å²) in [6.45, 7) is 4.20. The number of rotatable bonds is 4. The summed E-state index contributed by atoms with van der Waals surface area (Å²) in [4.78, 5) is 21.9. The van der Waals surface area contributed by atoms with E-state index in [1.165, 1.54) is 12.1 Å². The minimum Gasteiger partial charge on any atom is -0.370 e. The van der Waals surface area contributed by atoms with Gasteiger partial charge in [0.1, 0.15) is 0 Å². The lowest BCUT2D eigenvalue weighted by Gasteiger charge is -2.03. The molecule has 0 spiro atoms. The molecule has 0 heterocycles. The van der Waals surface area contributed by atoms with E-state index in [4.69, 9.17) is 17.3 Å². The highest BCUT2D eigenvalue weighted by atomic mass is 35.5. The summed E-state index contributed by atoms with van der Waals surface area (Å²) < 4.78 is 0. The van der Waals surface area contributed by atoms with Crippen LogP contribution in [-0.4, -0.2) is 18.4 Å². The van der Waals surface area contributed by atoms with Crippen molar-refractivity contribution in [2.24, 2.45) is 5.73 Å². The summed E-state index contributed by atoms with van der Waals surface area (Å²) in [5, 5.41) is 2.81. The Morgan fingerprint density at radius 1 is 1.35 bits per heavy atom. The largest absolute Gasteiger partial charge is 0.370 e. The Morgan fingerprint density at radius 2 is 1.94 bits per heavy atom. The van der Waals surface area contributed by atoms with Crippen LogP contribution in [0.1, 0.15) is 30.6 Å². The van der Waals surface area contributed by atoms with Gasteiger partial charge in [-0.05, 0) is 0 Å². The van der Waals surface area contributed by atoms with Crippen LogP contribution in [-0.2, 0) is 4.79 Å². The second-order valence-corrected chi connectivity index (χ2v) is 3.22. The topological polar surface area (TPSA) is 72.2 Å². The van der Waals surface area contributed by atoms with Gasteiger partial charge in [0.25, 0.3) is 5.91 Å². The van der Waals surface area contributed by atoms with Crippen LogP contribution in [0, 0.1) is 12.1 Å². The molecule has 1 aromatic carbocycles. The standard InChI is InChI=1S/C10H9ClN2O2.C2H6/c11-8-4-2-1-3-7(8)10(15)13-6-5-9(12)14;1-2/h3-4H,5-6H2,(H2,12,14)(H,13,15);1-2H3. The molecule has 4 nitrogen and oxygen atoms in total. The van der Waals surface area contributed by atoms with Gasteiger partial charge >= 0.3 is 0 Å². The molecule has 1 aromatic rings. The number of hydrogen-bond acceptors (Lipinski definition) is 2. The Morgan fingerprint density at radius 3 is 2.47 bits per heavy atom. The van der Waals surface area contributed by atoms with Gasteiger partial charge in [0.05, 0.1) is 10.6 Å². The lowest BCUT2D eigenvalue weighted by molar-refractivity contribution is -0.117. The van der Waals surface area contributed by atoms with Crippen molar-refractivity contribution < 1.29 is 9.59 Å². The second-order valence-electron chi connectivity index (χ2n) is 2.81. The Labute approximate surface area is 106 Å². The smallest absolute Gasteiger partial charge is 0.253 e. The first kappa shape index (κ1) is 15.3. The molecule has 0 unspecified atom stereocenters. The maximum absolute atomic E-state index is 11.5. The van der Waals surface area contributed by atoms with E-state index >= 15 is 0 Å². The summed E-state index contributed by atoms with van der Waals surface area (Å²) in [5.41, 5.74) is 5.23. The van der Waals surface area contributed by atoms with E-state index < -0.39 is 5.91 Å². The first-order valence-electron chi connectivity index (χ1n) is 5.25. The molecule has 0 saturated heterocycles. The molecule has 0 fully saturated rings. The van der Waals surface area contributed by atoms with E-state index in [0.717, 1.165) is 0 Å². The lowest BCUT2D eigenvalue weighted by Crippen LogP contribution is -2.27. The van der Waals surface area contributed by atoms with Crippen molar-refractivity contribution >= 4 is 23.4 Å². The number of halogens is 1. The number of carbonyl (C=O) groups is 2. The maximum Gasteiger partial charge on any atom is 0.253 e. The highest BCUT2D eigenvalue weighted by Gasteiger charge is 2.08. The fourth-order valence-corrected chi connectivity index (χ4v) is 1.13. The number of hydrogen-bond donors (Lipinski definition) is 2. The molecule has 5 heteroatoms. The number of nitrogens with two attached hydrogens (primary N) is 1. The van der Waals surface area contributed by atoms with Crippen molar-refractivity contribution in [3.63, 3.8) is 0 Å². The van der Waals surface area contributed by atoms with Crippen LogP contribution in [0.5, 0.6) is 0 Å². The van der Waals surface area contributed by atoms with Crippen LogP contribution < -0.4 is 11.1 Å². The van der Waals surface area contributed by atoms with Crippen LogP contribution in [0.4, 0.5) is 0 Å². The zero-order chi connectivity index (χ0) is 13.3. The Balaban J connectivity index is 0.00000121. The van der Waals surface area contributed by atoms with E-state index in [9.17, 15) is 9.59 Å². The quantitative estimate of drug-likeness (QED) is 0.856. The molecule has 0 bridgehead atoms. The third-order valence-corrected chi connectivity index (χ3v) is 1.97. The molecule has 0 saturated carbocycles. The number of carbonyl (C=O) groups excluding carboxylic acids is 2. The van der Waals surface area contributed by atoms with E-state index in [2.05, 4.69) is 17.4 Å². The molecule has 0 radical (unpaired) electrons. The summed E-state index contributed by atoms with van der Waals surface area (Å²) in [6.07, 6.45) is 0.103. The van der Waals surface area contributed by atoms with E-state index in [1.807, 2.05) is 13.8 Å². The zero-order valence-electron chi connectivity index (χ0n) is 9.84. The van der Waals surface area contributed by atoms with Gasteiger partial charge < -0.3 is 11.1 Å². The van der Waals surface area contributed by atoms with Crippen molar-refractivity contribution in [1.82, 2.24) is 5.32 Å². The molecule has 0 aliphatic carbocycles. The Kier molecular flexibility index (Phi) is 7.57. The summed E-state index contributed by atoms with van der Waals surface area (Å²) in [5.74, 6) is -0.819. The van der Waals surface area contributed by atoms with Crippen molar-refractivity contribution in [3.05, 3.63) is 34.9 Å². The van der Waals surface area contributed by atoms with Crippen LogP contribution in [0.25, 0.3) is 0 Å². The summed E-state index contributed by atoms with van der Waals surface area (Å²) in [7, 11) is 0. The third kappa shape index (κ3) is 5.79. The highest BCUT2D eigenvalue weighted by Crippen LogP contribution is 2.12. The van der Waals surface area contributed by atoms with Crippen LogP contribution in [0.3, 0.4) is 0 Å². The molecule has 0 atom stereocenters. The summed E-state index contributed by atoms with van der Waals surface area (Å²) in [6, 6.07) is 8.12. The van der Waals surface area contributed by atoms with Crippen molar-refractivity contribution in [2.75, 3.05) is 6.54 Å². The Bertz CT molecular complexity index is 381. The lowest BCUT2D eigenvalue weighted by atomic mass is 10.2. The van der Waals surface area contributed by atoms with Gasteiger partial charge in [0, 0.05) is 25.1 Å². The molecule has 92 valence electrons. The van der Waals surface area contributed by atoms with Gasteiger partial charge in [-0.2, -0.15) is 0 Å². The molecule has 0 aliphatic heterocycles. The highest BCUT2D eigenvalue weighted by molar-refractivity contribution is 6.33. The minimum atomic E-state index is -0.464. The van der Waals surface area contributed by atoms with Crippen LogP contribution in [0.15, 0.2) is 12.1 Å². The number of primary amides is 1. The number of amides is 2. The van der Waals surface area contributed by atoms with Crippen molar-refractivity contribution in [3.8, 4) is 0 Å². The van der Waals surface area contributed by atoms with E-state index in [-0.39, 0.29) is 18.9 Å². The minimum absolute atomic E-state index is 0.103. The van der Waals surface area contributed by atoms with E-state index in [0.29, 0.717) is 10.6 Å². The average Bonchev–Trinajstić information content (AvgIpc) is 2.31. The van der Waals surface area contributed by atoms with Gasteiger partial charge in [0.15, 0.2) is 0 Å². The van der Waals surface area contributed by atoms with Crippen molar-refractivity contribution in [1.29, 1.82) is 0 Å². The van der Waals surface area contributed by atoms with Gasteiger partial charge in [-0.1, -0.05) is 37.6 Å². The molecule has 3 N–H and O–H groups in total. The van der Waals surface area contributed by atoms with Gasteiger partial charge in [-0.15, -0.1) is 0 Å². The fourth-order valence-electron chi connectivity index (χ4n) is 0.934. The van der Waals surface area contributed by atoms with Crippen molar-refractivity contribution in [2.45, 2.75) is 20.3 Å². The molecule has 0 aliphatic rings. The Hall–Kier alpha value is -1.73. The first-order chi connectivity index (χ1) is 8.11. The fraction of sp³-hybridized carbons (Fsp3) is 0.333. The molecule has 0 aromatic heterocycles. The van der Waals surface area contributed by atoms with Gasteiger partial charge in [-0.3, -0.25) is 9.59 Å². The van der Waals surface area contributed by atoms with Gasteiger partial charge in [0.2, 0.25) is 5.91 Å². The van der Waals surface area contributed by atoms with Gasteiger partial charge in [-0.25, -0.2) is 0 Å². The predicted molar refractivity (Wildman–Crippen MR) is 66.6 cm³/mol. The molecular formula is C12H15ClN2O2. The number of nitrogens with one attached hydrogen (secondary N) is 1. The molecule has 17 heavy (non-hydrogen) atoms. The molecule has 2 amide bonds. The SMILES string of the molecule is CC.NC(=O)CCNC(=O)c1cc#ccc1Cl. The molecular weight excluding hydrogens is 240 g/mol. The second kappa shape index (κ2) is 8.43. The van der Waals surface area contributed by atoms with Crippen LogP contribution >= 0.6 is 11.6 Å². The normalized spacial score (nSPS) is 8.41. The molecule has 1 rings (SSSR count). The van der Waals surface area contributed by atoms with Crippen LogP contribution in [0.2, 0.25) is 5.02 Å². The average molecular weight is 255 g/mol. The zero-order valence-corrected chi connectivity index (χ0v) is 10.6. The van der Waals surface area contributed by atoms with E-state index in [1.54, 1.807) is 0 Å². The first-order valence-corrected chi connectivity index (χ1v) is 5.63. The maximum atomic E-state index is 11.5. The monoisotopic (exact) mass is 254 g/mol. The summed E-state index contributed by atoms with van der Waals surface area (Å²) >= 11 is 5.76. The predicted octanol–water partition coefficient (Wildman–Crippen LogP) is 1.57. The third-order valence-electron chi connectivity index (χ3n) is 1.66.